The number of carbonyl (C=O) groups excluding carboxylic acids is 2. The zero-order valence-electron chi connectivity index (χ0n) is 11.2. The molecule has 0 aliphatic carbocycles. The van der Waals surface area contributed by atoms with Crippen molar-refractivity contribution in [2.24, 2.45) is 11.7 Å². The van der Waals surface area contributed by atoms with Crippen LogP contribution in [0.2, 0.25) is 5.02 Å². The maximum atomic E-state index is 11.9. The summed E-state index contributed by atoms with van der Waals surface area (Å²) in [5.41, 5.74) is 6.54. The molecule has 6 heteroatoms. The molecular formula is C13H18ClN3O2. The van der Waals surface area contributed by atoms with E-state index in [0.717, 1.165) is 0 Å². The van der Waals surface area contributed by atoms with Gasteiger partial charge in [0.05, 0.1) is 16.8 Å². The lowest BCUT2D eigenvalue weighted by Gasteiger charge is -2.16. The molecule has 0 aliphatic heterocycles. The van der Waals surface area contributed by atoms with E-state index in [0.29, 0.717) is 16.3 Å². The van der Waals surface area contributed by atoms with Gasteiger partial charge in [0.1, 0.15) is 0 Å². The normalized spacial score (nSPS) is 12.1. The smallest absolute Gasteiger partial charge is 0.251 e. The number of hydrogen-bond acceptors (Lipinski definition) is 3. The van der Waals surface area contributed by atoms with Gasteiger partial charge in [-0.05, 0) is 24.1 Å². The molecule has 0 spiro atoms. The van der Waals surface area contributed by atoms with Crippen LogP contribution in [0.1, 0.15) is 24.2 Å². The molecule has 1 rings (SSSR count). The van der Waals surface area contributed by atoms with Gasteiger partial charge in [-0.15, -0.1) is 0 Å². The molecule has 104 valence electrons. The van der Waals surface area contributed by atoms with E-state index in [4.69, 9.17) is 17.3 Å². The van der Waals surface area contributed by atoms with Crippen molar-refractivity contribution >= 4 is 29.1 Å². The Kier molecular flexibility index (Phi) is 5.32. The number of halogens is 1. The number of hydrogen-bond donors (Lipinski definition) is 3. The number of benzene rings is 1. The lowest BCUT2D eigenvalue weighted by molar-refractivity contribution is -0.118. The lowest BCUT2D eigenvalue weighted by atomic mass is 10.0. The summed E-state index contributed by atoms with van der Waals surface area (Å²) < 4.78 is 0. The minimum absolute atomic E-state index is 0.0147. The van der Waals surface area contributed by atoms with Crippen molar-refractivity contribution in [2.45, 2.75) is 19.9 Å². The minimum atomic E-state index is -0.625. The molecule has 1 aromatic carbocycles. The third kappa shape index (κ3) is 3.94. The molecule has 0 fully saturated rings. The Morgan fingerprint density at radius 3 is 2.47 bits per heavy atom. The standard InChI is InChI=1S/C13H18ClN3O2/c1-7(2)11(15)13(19)17-10-6-8(12(18)16-3)4-5-9(10)14/h4-7,11H,15H2,1-3H3,(H,16,18)(H,17,19). The third-order valence-corrected chi connectivity index (χ3v) is 3.06. The fourth-order valence-electron chi connectivity index (χ4n) is 1.43. The minimum Gasteiger partial charge on any atom is -0.355 e. The molecule has 0 heterocycles. The van der Waals surface area contributed by atoms with Crippen LogP contribution in [0.15, 0.2) is 18.2 Å². The maximum Gasteiger partial charge on any atom is 0.251 e. The van der Waals surface area contributed by atoms with Crippen LogP contribution in [0.25, 0.3) is 0 Å². The topological polar surface area (TPSA) is 84.2 Å². The van der Waals surface area contributed by atoms with Crippen molar-refractivity contribution in [1.29, 1.82) is 0 Å². The summed E-state index contributed by atoms with van der Waals surface area (Å²) in [6.45, 7) is 3.71. The number of amides is 2. The van der Waals surface area contributed by atoms with Gasteiger partial charge in [-0.25, -0.2) is 0 Å². The second-order valence-corrected chi connectivity index (χ2v) is 4.94. The average molecular weight is 284 g/mol. The Balaban J connectivity index is 2.94. The molecule has 0 radical (unpaired) electrons. The van der Waals surface area contributed by atoms with Crippen LogP contribution < -0.4 is 16.4 Å². The second kappa shape index (κ2) is 6.54. The highest BCUT2D eigenvalue weighted by Crippen LogP contribution is 2.23. The molecule has 0 saturated carbocycles. The van der Waals surface area contributed by atoms with Gasteiger partial charge in [0.25, 0.3) is 5.91 Å². The Bertz CT molecular complexity index is 489. The number of carbonyl (C=O) groups is 2. The van der Waals surface area contributed by atoms with Crippen molar-refractivity contribution in [2.75, 3.05) is 12.4 Å². The average Bonchev–Trinajstić information content (AvgIpc) is 2.39. The van der Waals surface area contributed by atoms with E-state index >= 15 is 0 Å². The molecular weight excluding hydrogens is 266 g/mol. The molecule has 0 aliphatic rings. The molecule has 0 bridgehead atoms. The molecule has 1 aromatic rings. The van der Waals surface area contributed by atoms with Gasteiger partial charge in [0.2, 0.25) is 5.91 Å². The lowest BCUT2D eigenvalue weighted by Crippen LogP contribution is -2.39. The summed E-state index contributed by atoms with van der Waals surface area (Å²) in [4.78, 5) is 23.4. The largest absolute Gasteiger partial charge is 0.355 e. The Morgan fingerprint density at radius 1 is 1.32 bits per heavy atom. The molecule has 2 amide bonds. The summed E-state index contributed by atoms with van der Waals surface area (Å²) in [6.07, 6.45) is 0. The highest BCUT2D eigenvalue weighted by molar-refractivity contribution is 6.34. The highest BCUT2D eigenvalue weighted by Gasteiger charge is 2.18. The van der Waals surface area contributed by atoms with Gasteiger partial charge in [-0.3, -0.25) is 9.59 Å². The number of nitrogens with two attached hydrogens (primary N) is 1. The summed E-state index contributed by atoms with van der Waals surface area (Å²) in [7, 11) is 1.53. The number of nitrogens with one attached hydrogen (secondary N) is 2. The van der Waals surface area contributed by atoms with Crippen molar-refractivity contribution in [3.05, 3.63) is 28.8 Å². The third-order valence-electron chi connectivity index (χ3n) is 2.73. The SMILES string of the molecule is CNC(=O)c1ccc(Cl)c(NC(=O)C(N)C(C)C)c1. The van der Waals surface area contributed by atoms with Crippen LogP contribution in [-0.4, -0.2) is 24.9 Å². The van der Waals surface area contributed by atoms with Gasteiger partial charge in [0, 0.05) is 12.6 Å². The molecule has 19 heavy (non-hydrogen) atoms. The second-order valence-electron chi connectivity index (χ2n) is 4.53. The first-order valence-corrected chi connectivity index (χ1v) is 6.32. The summed E-state index contributed by atoms with van der Waals surface area (Å²) in [5.74, 6) is -0.563. The van der Waals surface area contributed by atoms with E-state index < -0.39 is 6.04 Å². The van der Waals surface area contributed by atoms with E-state index in [2.05, 4.69) is 10.6 Å². The van der Waals surface area contributed by atoms with Gasteiger partial charge >= 0.3 is 0 Å². The predicted octanol–water partition coefficient (Wildman–Crippen LogP) is 1.62. The zero-order valence-corrected chi connectivity index (χ0v) is 11.9. The van der Waals surface area contributed by atoms with Crippen LogP contribution >= 0.6 is 11.6 Å². The van der Waals surface area contributed by atoms with Crippen LogP contribution in [0.3, 0.4) is 0 Å². The first-order valence-electron chi connectivity index (χ1n) is 5.95. The van der Waals surface area contributed by atoms with Crippen molar-refractivity contribution < 1.29 is 9.59 Å². The number of anilines is 1. The van der Waals surface area contributed by atoms with E-state index in [1.54, 1.807) is 12.1 Å². The Hall–Kier alpha value is -1.59. The Morgan fingerprint density at radius 2 is 1.95 bits per heavy atom. The van der Waals surface area contributed by atoms with E-state index in [9.17, 15) is 9.59 Å². The van der Waals surface area contributed by atoms with Gasteiger partial charge in [0.15, 0.2) is 0 Å². The van der Waals surface area contributed by atoms with Crippen molar-refractivity contribution in [1.82, 2.24) is 5.32 Å². The molecule has 0 aromatic heterocycles. The fraction of sp³-hybridized carbons (Fsp3) is 0.385. The van der Waals surface area contributed by atoms with Gasteiger partial charge in [-0.1, -0.05) is 25.4 Å². The van der Waals surface area contributed by atoms with Crippen LogP contribution in [-0.2, 0) is 4.79 Å². The van der Waals surface area contributed by atoms with Crippen LogP contribution in [0.5, 0.6) is 0 Å². The predicted molar refractivity (Wildman–Crippen MR) is 76.3 cm³/mol. The first kappa shape index (κ1) is 15.5. The molecule has 5 nitrogen and oxygen atoms in total. The quantitative estimate of drug-likeness (QED) is 0.785. The van der Waals surface area contributed by atoms with Crippen molar-refractivity contribution in [3.8, 4) is 0 Å². The highest BCUT2D eigenvalue weighted by atomic mass is 35.5. The van der Waals surface area contributed by atoms with Crippen molar-refractivity contribution in [3.63, 3.8) is 0 Å². The molecule has 4 N–H and O–H groups in total. The van der Waals surface area contributed by atoms with E-state index in [1.165, 1.54) is 13.1 Å². The first-order chi connectivity index (χ1) is 8.86. The fourth-order valence-corrected chi connectivity index (χ4v) is 1.59. The summed E-state index contributed by atoms with van der Waals surface area (Å²) in [5, 5.41) is 5.50. The van der Waals surface area contributed by atoms with E-state index in [1.807, 2.05) is 13.8 Å². The summed E-state index contributed by atoms with van der Waals surface area (Å²) in [6, 6.07) is 4.04. The van der Waals surface area contributed by atoms with Gasteiger partial charge in [-0.2, -0.15) is 0 Å². The molecule has 1 unspecified atom stereocenters. The molecule has 1 atom stereocenters. The number of rotatable bonds is 4. The maximum absolute atomic E-state index is 11.9. The summed E-state index contributed by atoms with van der Waals surface area (Å²) >= 11 is 5.99. The van der Waals surface area contributed by atoms with Crippen LogP contribution in [0.4, 0.5) is 5.69 Å². The molecule has 0 saturated heterocycles. The zero-order chi connectivity index (χ0) is 14.6. The Labute approximate surface area is 117 Å². The monoisotopic (exact) mass is 283 g/mol. The van der Waals surface area contributed by atoms with Crippen LogP contribution in [0, 0.1) is 5.92 Å². The van der Waals surface area contributed by atoms with Gasteiger partial charge < -0.3 is 16.4 Å². The van der Waals surface area contributed by atoms with E-state index in [-0.39, 0.29) is 17.7 Å².